The molecule has 1 aromatic rings. The molecule has 1 saturated heterocycles. The lowest BCUT2D eigenvalue weighted by molar-refractivity contribution is -0.119. The molecule has 0 bridgehead atoms. The first kappa shape index (κ1) is 23.9. The van der Waals surface area contributed by atoms with E-state index in [1.165, 1.54) is 24.0 Å². The summed E-state index contributed by atoms with van der Waals surface area (Å²) in [5.41, 5.74) is 8.17. The first-order valence-electron chi connectivity index (χ1n) is 10.6. The Labute approximate surface area is 191 Å². The molecule has 6 nitrogen and oxygen atoms in total. The number of hydrogen-bond acceptors (Lipinski definition) is 3. The summed E-state index contributed by atoms with van der Waals surface area (Å²) in [6.45, 7) is 3.40. The van der Waals surface area contributed by atoms with Crippen molar-refractivity contribution in [3.05, 3.63) is 35.4 Å². The van der Waals surface area contributed by atoms with Crippen LogP contribution in [0.4, 0.5) is 0 Å². The summed E-state index contributed by atoms with van der Waals surface area (Å²) in [7, 11) is 1.81. The summed E-state index contributed by atoms with van der Waals surface area (Å²) < 4.78 is 6.19. The van der Waals surface area contributed by atoms with Crippen LogP contribution in [0.15, 0.2) is 29.3 Å². The number of piperidine rings is 1. The minimum absolute atomic E-state index is 0. The highest BCUT2D eigenvalue weighted by Crippen LogP contribution is 2.32. The normalized spacial score (nSPS) is 21.8. The number of nitrogens with zero attached hydrogens (tertiary/aromatic N) is 2. The van der Waals surface area contributed by atoms with E-state index in [2.05, 4.69) is 39.5 Å². The van der Waals surface area contributed by atoms with Gasteiger partial charge in [-0.1, -0.05) is 24.3 Å². The predicted octanol–water partition coefficient (Wildman–Crippen LogP) is 3.25. The number of guanidine groups is 1. The second-order valence-electron chi connectivity index (χ2n) is 7.90. The van der Waals surface area contributed by atoms with Crippen molar-refractivity contribution in [3.8, 4) is 0 Å². The number of carbonyl (C=O) groups excluding carboxylic acids is 1. The zero-order valence-electron chi connectivity index (χ0n) is 17.4. The topological polar surface area (TPSA) is 80.0 Å². The molecule has 0 aromatic heterocycles. The molecule has 0 spiro atoms. The summed E-state index contributed by atoms with van der Waals surface area (Å²) >= 11 is 0. The molecule has 1 fully saturated rings. The number of nitrogens with two attached hydrogens (primary N) is 1. The fourth-order valence-corrected chi connectivity index (χ4v) is 4.42. The summed E-state index contributed by atoms with van der Waals surface area (Å²) in [5, 5.41) is 3.45. The Bertz CT molecular complexity index is 683. The minimum atomic E-state index is -0.212. The number of ether oxygens (including phenoxy) is 1. The van der Waals surface area contributed by atoms with Crippen molar-refractivity contribution in [2.45, 2.75) is 51.0 Å². The second kappa shape index (κ2) is 12.4. The average molecular weight is 514 g/mol. The number of benzene rings is 1. The third kappa shape index (κ3) is 7.13. The molecule has 2 atom stereocenters. The van der Waals surface area contributed by atoms with Gasteiger partial charge >= 0.3 is 0 Å². The first-order valence-corrected chi connectivity index (χ1v) is 10.6. The number of aliphatic imine (C=N–C) groups is 1. The standard InChI is InChI=1S/C22H34N4O2.HI/c1-24-22(26-13-5-7-17(16-26)15-21(23)27)25-12-6-14-28-20-11-4-9-18-8-2-3-10-19(18)20;/h2-3,8,10,17,20H,4-7,9,11-16H2,1H3,(H2,23,27)(H,24,25);1H. The van der Waals surface area contributed by atoms with Gasteiger partial charge in [-0.3, -0.25) is 9.79 Å². The lowest BCUT2D eigenvalue weighted by Crippen LogP contribution is -2.47. The number of nitrogens with one attached hydrogen (secondary N) is 1. The van der Waals surface area contributed by atoms with E-state index < -0.39 is 0 Å². The Balaban J connectivity index is 0.00000300. The Morgan fingerprint density at radius 1 is 1.31 bits per heavy atom. The SMILES string of the molecule is CN=C(NCCCOC1CCCc2ccccc21)N1CCCC(CC(N)=O)C1.I. The third-order valence-corrected chi connectivity index (χ3v) is 5.76. The molecule has 7 heteroatoms. The van der Waals surface area contributed by atoms with Gasteiger partial charge in [0, 0.05) is 39.7 Å². The van der Waals surface area contributed by atoms with Crippen molar-refractivity contribution < 1.29 is 9.53 Å². The molecule has 2 unspecified atom stereocenters. The number of halogens is 1. The van der Waals surface area contributed by atoms with E-state index in [-0.39, 0.29) is 36.0 Å². The van der Waals surface area contributed by atoms with E-state index in [1.54, 1.807) is 0 Å². The molecule has 29 heavy (non-hydrogen) atoms. The van der Waals surface area contributed by atoms with Crippen LogP contribution in [-0.2, 0) is 16.0 Å². The van der Waals surface area contributed by atoms with Crippen molar-refractivity contribution in [2.75, 3.05) is 33.3 Å². The number of aryl methyl sites for hydroxylation is 1. The highest BCUT2D eigenvalue weighted by molar-refractivity contribution is 14.0. The van der Waals surface area contributed by atoms with Crippen LogP contribution in [0.1, 0.15) is 55.8 Å². The predicted molar refractivity (Wildman–Crippen MR) is 128 cm³/mol. The lowest BCUT2D eigenvalue weighted by atomic mass is 9.89. The molecule has 1 aliphatic heterocycles. The Hall–Kier alpha value is -1.35. The molecule has 1 heterocycles. The second-order valence-corrected chi connectivity index (χ2v) is 7.90. The van der Waals surface area contributed by atoms with Crippen LogP contribution in [0.25, 0.3) is 0 Å². The summed E-state index contributed by atoms with van der Waals surface area (Å²) in [6, 6.07) is 8.65. The molecule has 0 radical (unpaired) electrons. The van der Waals surface area contributed by atoms with Crippen LogP contribution < -0.4 is 11.1 Å². The van der Waals surface area contributed by atoms with E-state index in [9.17, 15) is 4.79 Å². The van der Waals surface area contributed by atoms with Gasteiger partial charge in [-0.2, -0.15) is 0 Å². The summed E-state index contributed by atoms with van der Waals surface area (Å²) in [5.74, 6) is 1.04. The van der Waals surface area contributed by atoms with Crippen molar-refractivity contribution in [1.29, 1.82) is 0 Å². The molecule has 1 aromatic carbocycles. The maximum Gasteiger partial charge on any atom is 0.217 e. The van der Waals surface area contributed by atoms with Gasteiger partial charge in [0.2, 0.25) is 5.91 Å². The molecule has 3 rings (SSSR count). The van der Waals surface area contributed by atoms with Gasteiger partial charge in [0.1, 0.15) is 0 Å². The minimum Gasteiger partial charge on any atom is -0.373 e. The Morgan fingerprint density at radius 2 is 2.14 bits per heavy atom. The van der Waals surface area contributed by atoms with Crippen LogP contribution in [0.2, 0.25) is 0 Å². The number of hydrogen-bond donors (Lipinski definition) is 2. The van der Waals surface area contributed by atoms with E-state index in [0.717, 1.165) is 57.9 Å². The van der Waals surface area contributed by atoms with E-state index in [0.29, 0.717) is 12.3 Å². The van der Waals surface area contributed by atoms with Crippen LogP contribution in [0, 0.1) is 5.92 Å². The van der Waals surface area contributed by atoms with E-state index in [4.69, 9.17) is 10.5 Å². The Kier molecular flexibility index (Phi) is 10.2. The van der Waals surface area contributed by atoms with Gasteiger partial charge < -0.3 is 20.7 Å². The van der Waals surface area contributed by atoms with Gasteiger partial charge in [-0.05, 0) is 55.6 Å². The van der Waals surface area contributed by atoms with Crippen LogP contribution in [-0.4, -0.2) is 50.1 Å². The zero-order valence-corrected chi connectivity index (χ0v) is 19.8. The number of likely N-dealkylation sites (tertiary alicyclic amines) is 1. The van der Waals surface area contributed by atoms with Gasteiger partial charge in [-0.15, -0.1) is 24.0 Å². The quantitative estimate of drug-likeness (QED) is 0.254. The van der Waals surface area contributed by atoms with Crippen molar-refractivity contribution in [2.24, 2.45) is 16.6 Å². The van der Waals surface area contributed by atoms with Gasteiger partial charge in [-0.25, -0.2) is 0 Å². The maximum atomic E-state index is 11.2. The smallest absolute Gasteiger partial charge is 0.217 e. The Morgan fingerprint density at radius 3 is 2.93 bits per heavy atom. The third-order valence-electron chi connectivity index (χ3n) is 5.76. The fourth-order valence-electron chi connectivity index (χ4n) is 4.42. The van der Waals surface area contributed by atoms with Crippen LogP contribution in [0.3, 0.4) is 0 Å². The largest absolute Gasteiger partial charge is 0.373 e. The van der Waals surface area contributed by atoms with Crippen molar-refractivity contribution >= 4 is 35.8 Å². The molecule has 162 valence electrons. The molecular weight excluding hydrogens is 479 g/mol. The lowest BCUT2D eigenvalue weighted by Gasteiger charge is -2.34. The van der Waals surface area contributed by atoms with Crippen molar-refractivity contribution in [3.63, 3.8) is 0 Å². The number of primary amides is 1. The molecule has 2 aliphatic rings. The summed E-state index contributed by atoms with van der Waals surface area (Å²) in [6.07, 6.45) is 7.26. The molecule has 1 amide bonds. The van der Waals surface area contributed by atoms with E-state index in [1.807, 2.05) is 7.05 Å². The highest BCUT2D eigenvalue weighted by Gasteiger charge is 2.23. The fraction of sp³-hybridized carbons (Fsp3) is 0.636. The van der Waals surface area contributed by atoms with Crippen molar-refractivity contribution in [1.82, 2.24) is 10.2 Å². The zero-order chi connectivity index (χ0) is 19.8. The maximum absolute atomic E-state index is 11.2. The van der Waals surface area contributed by atoms with E-state index >= 15 is 0 Å². The monoisotopic (exact) mass is 514 g/mol. The molecule has 0 saturated carbocycles. The molecule has 1 aliphatic carbocycles. The number of amides is 1. The van der Waals surface area contributed by atoms with Gasteiger partial charge in [0.15, 0.2) is 5.96 Å². The highest BCUT2D eigenvalue weighted by atomic mass is 127. The summed E-state index contributed by atoms with van der Waals surface area (Å²) in [4.78, 5) is 17.9. The first-order chi connectivity index (χ1) is 13.7. The molecular formula is C22H35IN4O2. The number of fused-ring (bicyclic) bond motifs is 1. The number of rotatable bonds is 7. The number of carbonyl (C=O) groups is 1. The van der Waals surface area contributed by atoms with Crippen LogP contribution >= 0.6 is 24.0 Å². The van der Waals surface area contributed by atoms with Gasteiger partial charge in [0.25, 0.3) is 0 Å². The van der Waals surface area contributed by atoms with Crippen LogP contribution in [0.5, 0.6) is 0 Å². The van der Waals surface area contributed by atoms with Gasteiger partial charge in [0.05, 0.1) is 6.10 Å². The average Bonchev–Trinajstić information content (AvgIpc) is 2.70. The molecule has 3 N–H and O–H groups in total.